The van der Waals surface area contributed by atoms with E-state index in [1.54, 1.807) is 0 Å². The van der Waals surface area contributed by atoms with Gasteiger partial charge in [-0.2, -0.15) is 0 Å². The molecule has 2 heterocycles. The third kappa shape index (κ3) is 3.71. The van der Waals surface area contributed by atoms with Gasteiger partial charge in [-0.25, -0.2) is 0 Å². The summed E-state index contributed by atoms with van der Waals surface area (Å²) in [5.41, 5.74) is 0.317. The number of likely N-dealkylation sites (tertiary alicyclic amines) is 1. The van der Waals surface area contributed by atoms with Gasteiger partial charge in [0.15, 0.2) is 0 Å². The molecule has 0 aromatic heterocycles. The van der Waals surface area contributed by atoms with Crippen molar-refractivity contribution < 1.29 is 9.59 Å². The van der Waals surface area contributed by atoms with E-state index < -0.39 is 0 Å². The molecular weight excluding hydrogens is 314 g/mol. The van der Waals surface area contributed by atoms with Crippen LogP contribution in [0.2, 0.25) is 0 Å². The summed E-state index contributed by atoms with van der Waals surface area (Å²) < 4.78 is 0. The molecule has 25 heavy (non-hydrogen) atoms. The molecule has 2 amide bonds. The van der Waals surface area contributed by atoms with Crippen molar-refractivity contribution in [3.8, 4) is 0 Å². The van der Waals surface area contributed by atoms with Crippen LogP contribution in [0, 0.1) is 17.3 Å². The largest absolute Gasteiger partial charge is 0.353 e. The molecule has 2 aliphatic carbocycles. The van der Waals surface area contributed by atoms with Crippen molar-refractivity contribution in [2.24, 2.45) is 17.3 Å². The topological polar surface area (TPSA) is 61.4 Å². The van der Waals surface area contributed by atoms with E-state index in [1.807, 2.05) is 4.90 Å². The molecule has 2 saturated carbocycles. The zero-order chi connectivity index (χ0) is 17.3. The van der Waals surface area contributed by atoms with Crippen LogP contribution in [0.4, 0.5) is 0 Å². The number of hydrogen-bond acceptors (Lipinski definition) is 3. The molecule has 5 nitrogen and oxygen atoms in total. The van der Waals surface area contributed by atoms with Gasteiger partial charge in [-0.3, -0.25) is 9.59 Å². The maximum atomic E-state index is 12.8. The van der Waals surface area contributed by atoms with Crippen LogP contribution in [-0.2, 0) is 9.59 Å². The second-order valence-electron chi connectivity index (χ2n) is 8.81. The maximum Gasteiger partial charge on any atom is 0.226 e. The van der Waals surface area contributed by atoms with Crippen LogP contribution in [0.15, 0.2) is 0 Å². The van der Waals surface area contributed by atoms with E-state index in [-0.39, 0.29) is 17.7 Å². The van der Waals surface area contributed by atoms with Crippen molar-refractivity contribution in [1.82, 2.24) is 15.5 Å². The minimum absolute atomic E-state index is 0.109. The molecule has 2 N–H and O–H groups in total. The van der Waals surface area contributed by atoms with Crippen LogP contribution in [0.25, 0.3) is 0 Å². The Morgan fingerprint density at radius 3 is 2.32 bits per heavy atom. The number of nitrogens with zero attached hydrogens (tertiary/aromatic N) is 1. The fourth-order valence-corrected chi connectivity index (χ4v) is 5.32. The third-order valence-electron chi connectivity index (χ3n) is 7.22. The summed E-state index contributed by atoms with van der Waals surface area (Å²) in [6.45, 7) is 3.67. The summed E-state index contributed by atoms with van der Waals surface area (Å²) in [6, 6.07) is 0.396. The lowest BCUT2D eigenvalue weighted by atomic mass is 9.90. The van der Waals surface area contributed by atoms with Crippen LogP contribution < -0.4 is 10.6 Å². The molecule has 5 heteroatoms. The highest BCUT2D eigenvalue weighted by molar-refractivity contribution is 5.83. The Morgan fingerprint density at radius 1 is 0.960 bits per heavy atom. The number of amides is 2. The lowest BCUT2D eigenvalue weighted by Gasteiger charge is -2.34. The van der Waals surface area contributed by atoms with Crippen LogP contribution in [0.1, 0.15) is 64.2 Å². The molecule has 0 aromatic rings. The molecule has 1 spiro atoms. The van der Waals surface area contributed by atoms with E-state index in [1.165, 1.54) is 19.3 Å². The second kappa shape index (κ2) is 7.26. The number of nitrogens with one attached hydrogen (secondary N) is 2. The van der Waals surface area contributed by atoms with E-state index in [2.05, 4.69) is 10.6 Å². The average Bonchev–Trinajstić information content (AvgIpc) is 3.35. The smallest absolute Gasteiger partial charge is 0.226 e. The highest BCUT2D eigenvalue weighted by Gasteiger charge is 2.58. The summed E-state index contributed by atoms with van der Waals surface area (Å²) in [7, 11) is 0. The molecule has 1 unspecified atom stereocenters. The van der Waals surface area contributed by atoms with E-state index in [4.69, 9.17) is 0 Å². The first-order chi connectivity index (χ1) is 12.2. The summed E-state index contributed by atoms with van der Waals surface area (Å²) in [6.07, 6.45) is 11.2. The van der Waals surface area contributed by atoms with Crippen molar-refractivity contribution in [2.45, 2.75) is 70.3 Å². The molecule has 0 radical (unpaired) electrons. The monoisotopic (exact) mass is 347 g/mol. The number of carbonyl (C=O) groups is 2. The zero-order valence-corrected chi connectivity index (χ0v) is 15.4. The van der Waals surface area contributed by atoms with Crippen molar-refractivity contribution >= 4 is 11.8 Å². The Hall–Kier alpha value is -1.10. The molecule has 2 saturated heterocycles. The van der Waals surface area contributed by atoms with Gasteiger partial charge in [0.2, 0.25) is 11.8 Å². The van der Waals surface area contributed by atoms with Gasteiger partial charge in [0.1, 0.15) is 0 Å². The maximum absolute atomic E-state index is 12.8. The predicted molar refractivity (Wildman–Crippen MR) is 97.0 cm³/mol. The lowest BCUT2D eigenvalue weighted by Crippen LogP contribution is -2.46. The second-order valence-corrected chi connectivity index (χ2v) is 8.81. The Morgan fingerprint density at radius 2 is 1.64 bits per heavy atom. The number of piperidine rings is 2. The van der Waals surface area contributed by atoms with E-state index >= 15 is 0 Å². The first-order valence-electron chi connectivity index (χ1n) is 10.5. The summed E-state index contributed by atoms with van der Waals surface area (Å²) in [5, 5.41) is 6.67. The quantitative estimate of drug-likeness (QED) is 0.821. The molecule has 1 atom stereocenters. The highest BCUT2D eigenvalue weighted by atomic mass is 16.2. The van der Waals surface area contributed by atoms with Crippen molar-refractivity contribution in [1.29, 1.82) is 0 Å². The van der Waals surface area contributed by atoms with Gasteiger partial charge in [-0.05, 0) is 63.5 Å². The first-order valence-corrected chi connectivity index (χ1v) is 10.5. The molecule has 4 aliphatic rings. The SMILES string of the molecule is O=C(NC1CCCCC1)C1CCN(C(=O)C2CC23CCNCC3)CC1. The Kier molecular flexibility index (Phi) is 5.03. The van der Waals surface area contributed by atoms with Gasteiger partial charge in [0.25, 0.3) is 0 Å². The van der Waals surface area contributed by atoms with Gasteiger partial charge in [0, 0.05) is 31.0 Å². The predicted octanol–water partition coefficient (Wildman–Crippen LogP) is 2.06. The molecular formula is C20H33N3O2. The average molecular weight is 348 g/mol. The standard InChI is InChI=1S/C20H33N3O2/c24-18(22-16-4-2-1-3-5-16)15-6-12-23(13-7-15)19(25)17-14-20(17)8-10-21-11-9-20/h15-17,21H,1-14H2,(H,22,24). The minimum Gasteiger partial charge on any atom is -0.353 e. The molecule has 4 rings (SSSR count). The molecule has 0 aromatic carbocycles. The molecule has 2 aliphatic heterocycles. The number of carbonyl (C=O) groups excluding carboxylic acids is 2. The number of rotatable bonds is 3. The van der Waals surface area contributed by atoms with Crippen LogP contribution in [0.5, 0.6) is 0 Å². The Labute approximate surface area is 151 Å². The van der Waals surface area contributed by atoms with Gasteiger partial charge >= 0.3 is 0 Å². The molecule has 140 valence electrons. The van der Waals surface area contributed by atoms with Crippen LogP contribution in [0.3, 0.4) is 0 Å². The normalized spacial score (nSPS) is 30.2. The first kappa shape index (κ1) is 17.3. The number of hydrogen-bond donors (Lipinski definition) is 2. The molecule has 0 bridgehead atoms. The van der Waals surface area contributed by atoms with Crippen molar-refractivity contribution in [3.63, 3.8) is 0 Å². The van der Waals surface area contributed by atoms with Crippen LogP contribution in [-0.4, -0.2) is 48.9 Å². The third-order valence-corrected chi connectivity index (χ3v) is 7.22. The van der Waals surface area contributed by atoms with Crippen LogP contribution >= 0.6 is 0 Å². The Bertz CT molecular complexity index is 501. The molecule has 4 fully saturated rings. The van der Waals surface area contributed by atoms with Crippen molar-refractivity contribution in [2.75, 3.05) is 26.2 Å². The lowest BCUT2D eigenvalue weighted by molar-refractivity contribution is -0.137. The summed E-state index contributed by atoms with van der Waals surface area (Å²) in [4.78, 5) is 27.4. The van der Waals surface area contributed by atoms with E-state index in [9.17, 15) is 9.59 Å². The van der Waals surface area contributed by atoms with Gasteiger partial charge in [-0.1, -0.05) is 19.3 Å². The summed E-state index contributed by atoms with van der Waals surface area (Å²) >= 11 is 0. The van der Waals surface area contributed by atoms with Gasteiger partial charge in [-0.15, -0.1) is 0 Å². The van der Waals surface area contributed by atoms with Crippen molar-refractivity contribution in [3.05, 3.63) is 0 Å². The fourth-order valence-electron chi connectivity index (χ4n) is 5.32. The van der Waals surface area contributed by atoms with Gasteiger partial charge < -0.3 is 15.5 Å². The highest BCUT2D eigenvalue weighted by Crippen LogP contribution is 2.59. The minimum atomic E-state index is 0.109. The summed E-state index contributed by atoms with van der Waals surface area (Å²) in [5.74, 6) is 0.980. The fraction of sp³-hybridized carbons (Fsp3) is 0.900. The Balaban J connectivity index is 1.23. The zero-order valence-electron chi connectivity index (χ0n) is 15.4. The van der Waals surface area contributed by atoms with E-state index in [0.29, 0.717) is 17.4 Å². The van der Waals surface area contributed by atoms with E-state index in [0.717, 1.165) is 71.1 Å². The van der Waals surface area contributed by atoms with Gasteiger partial charge in [0.05, 0.1) is 0 Å².